The average molecular weight is 402 g/mol. The lowest BCUT2D eigenvalue weighted by Gasteiger charge is -2.12. The Hall–Kier alpha value is -3.28. The summed E-state index contributed by atoms with van der Waals surface area (Å²) in [5, 5.41) is 1.34. The van der Waals surface area contributed by atoms with Gasteiger partial charge in [0.2, 0.25) is 0 Å². The molecule has 0 radical (unpaired) electrons. The third kappa shape index (κ3) is 3.90. The van der Waals surface area contributed by atoms with Gasteiger partial charge in [-0.3, -0.25) is 18.7 Å². The first-order chi connectivity index (χ1) is 14.6. The van der Waals surface area contributed by atoms with E-state index in [4.69, 9.17) is 0 Å². The Balaban J connectivity index is 1.35. The quantitative estimate of drug-likeness (QED) is 0.439. The summed E-state index contributed by atoms with van der Waals surface area (Å²) < 4.78 is 3.54. The van der Waals surface area contributed by atoms with E-state index in [1.807, 2.05) is 62.4 Å². The molecule has 0 unspecified atom stereocenters. The Morgan fingerprint density at radius 1 is 0.633 bits per heavy atom. The number of fused-ring (bicyclic) bond motifs is 2. The first kappa shape index (κ1) is 20.0. The molecule has 0 bridgehead atoms. The van der Waals surface area contributed by atoms with Gasteiger partial charge in [0.15, 0.2) is 0 Å². The fourth-order valence-corrected chi connectivity index (χ4v) is 3.98. The number of benzene rings is 2. The van der Waals surface area contributed by atoms with Crippen molar-refractivity contribution in [2.45, 2.75) is 52.6 Å². The highest BCUT2D eigenvalue weighted by atomic mass is 16.1. The summed E-state index contributed by atoms with van der Waals surface area (Å²) in [4.78, 5) is 34.5. The summed E-state index contributed by atoms with van der Waals surface area (Å²) in [5.74, 6) is 1.51. The molecule has 0 amide bonds. The van der Waals surface area contributed by atoms with Crippen LogP contribution in [0.25, 0.3) is 21.8 Å². The largest absolute Gasteiger partial charge is 0.296 e. The molecule has 0 aliphatic carbocycles. The molecule has 2 heterocycles. The van der Waals surface area contributed by atoms with Crippen molar-refractivity contribution in [3.63, 3.8) is 0 Å². The minimum Gasteiger partial charge on any atom is -0.296 e. The maximum absolute atomic E-state index is 12.7. The standard InChI is InChI=1S/C24H26N4O2/c1-17-25-21-13-7-5-11-19(21)23(29)27(17)15-9-3-4-10-16-28-18(2)26-22-14-8-6-12-20(22)24(28)30/h5-8,11-14H,3-4,9-10,15-16H2,1-2H3. The van der Waals surface area contributed by atoms with E-state index in [0.717, 1.165) is 48.4 Å². The van der Waals surface area contributed by atoms with Crippen molar-refractivity contribution in [2.24, 2.45) is 0 Å². The third-order valence-corrected chi connectivity index (χ3v) is 5.62. The van der Waals surface area contributed by atoms with Gasteiger partial charge >= 0.3 is 0 Å². The Morgan fingerprint density at radius 2 is 1.03 bits per heavy atom. The topological polar surface area (TPSA) is 69.8 Å². The maximum Gasteiger partial charge on any atom is 0.261 e. The zero-order valence-electron chi connectivity index (χ0n) is 17.5. The predicted octanol–water partition coefficient (Wildman–Crippen LogP) is 3.98. The van der Waals surface area contributed by atoms with E-state index < -0.39 is 0 Å². The van der Waals surface area contributed by atoms with E-state index in [9.17, 15) is 9.59 Å². The number of unbranched alkanes of at least 4 members (excludes halogenated alkanes) is 3. The number of rotatable bonds is 7. The number of para-hydroxylation sites is 2. The molecule has 4 rings (SSSR count). The molecule has 4 aromatic rings. The van der Waals surface area contributed by atoms with E-state index in [-0.39, 0.29) is 11.1 Å². The summed E-state index contributed by atoms with van der Waals surface area (Å²) in [5.41, 5.74) is 1.56. The molecular formula is C24H26N4O2. The van der Waals surface area contributed by atoms with E-state index in [2.05, 4.69) is 9.97 Å². The summed E-state index contributed by atoms with van der Waals surface area (Å²) in [7, 11) is 0. The highest BCUT2D eigenvalue weighted by Gasteiger charge is 2.09. The second-order valence-corrected chi connectivity index (χ2v) is 7.68. The van der Waals surface area contributed by atoms with Gasteiger partial charge in [-0.2, -0.15) is 0 Å². The highest BCUT2D eigenvalue weighted by molar-refractivity contribution is 5.77. The molecule has 0 fully saturated rings. The minimum absolute atomic E-state index is 0.0301. The molecule has 30 heavy (non-hydrogen) atoms. The van der Waals surface area contributed by atoms with Gasteiger partial charge in [0, 0.05) is 13.1 Å². The average Bonchev–Trinajstić information content (AvgIpc) is 2.74. The molecule has 0 N–H and O–H groups in total. The first-order valence-electron chi connectivity index (χ1n) is 10.5. The Labute approximate surface area is 174 Å². The zero-order valence-corrected chi connectivity index (χ0v) is 17.5. The lowest BCUT2D eigenvalue weighted by molar-refractivity contribution is 0.516. The molecule has 0 saturated carbocycles. The zero-order chi connectivity index (χ0) is 21.1. The Bertz CT molecular complexity index is 1220. The van der Waals surface area contributed by atoms with Crippen LogP contribution in [0.5, 0.6) is 0 Å². The van der Waals surface area contributed by atoms with Gasteiger partial charge in [0.1, 0.15) is 11.6 Å². The van der Waals surface area contributed by atoms with Crippen molar-refractivity contribution >= 4 is 21.8 Å². The van der Waals surface area contributed by atoms with E-state index in [1.54, 1.807) is 9.13 Å². The fraction of sp³-hybridized carbons (Fsp3) is 0.333. The van der Waals surface area contributed by atoms with Gasteiger partial charge in [-0.25, -0.2) is 9.97 Å². The van der Waals surface area contributed by atoms with Crippen LogP contribution >= 0.6 is 0 Å². The van der Waals surface area contributed by atoms with Crippen LogP contribution in [0.2, 0.25) is 0 Å². The second kappa shape index (κ2) is 8.61. The number of aromatic nitrogens is 4. The van der Waals surface area contributed by atoms with Gasteiger partial charge in [-0.05, 0) is 51.0 Å². The van der Waals surface area contributed by atoms with Crippen molar-refractivity contribution in [2.75, 3.05) is 0 Å². The normalized spacial score (nSPS) is 11.4. The molecule has 0 aliphatic heterocycles. The highest BCUT2D eigenvalue weighted by Crippen LogP contribution is 2.11. The summed E-state index contributed by atoms with van der Waals surface area (Å²) in [6, 6.07) is 15.0. The van der Waals surface area contributed by atoms with Crippen molar-refractivity contribution in [3.05, 3.63) is 80.9 Å². The van der Waals surface area contributed by atoms with Gasteiger partial charge in [0.25, 0.3) is 11.1 Å². The van der Waals surface area contributed by atoms with Gasteiger partial charge in [0.05, 0.1) is 21.8 Å². The van der Waals surface area contributed by atoms with E-state index >= 15 is 0 Å². The Morgan fingerprint density at radius 3 is 1.47 bits per heavy atom. The Kier molecular flexibility index (Phi) is 5.74. The van der Waals surface area contributed by atoms with Crippen LogP contribution in [0.1, 0.15) is 37.3 Å². The monoisotopic (exact) mass is 402 g/mol. The predicted molar refractivity (Wildman–Crippen MR) is 120 cm³/mol. The van der Waals surface area contributed by atoms with Crippen LogP contribution in [0.4, 0.5) is 0 Å². The van der Waals surface area contributed by atoms with Gasteiger partial charge in [-0.15, -0.1) is 0 Å². The number of hydrogen-bond donors (Lipinski definition) is 0. The molecule has 0 spiro atoms. The summed E-state index contributed by atoms with van der Waals surface area (Å²) in [6.07, 6.45) is 3.80. The lowest BCUT2D eigenvalue weighted by atomic mass is 10.1. The summed E-state index contributed by atoms with van der Waals surface area (Å²) >= 11 is 0. The van der Waals surface area contributed by atoms with Crippen molar-refractivity contribution in [1.82, 2.24) is 19.1 Å². The molecule has 2 aromatic carbocycles. The fourth-order valence-electron chi connectivity index (χ4n) is 3.98. The number of hydrogen-bond acceptors (Lipinski definition) is 4. The maximum atomic E-state index is 12.7. The molecule has 0 aliphatic rings. The lowest BCUT2D eigenvalue weighted by Crippen LogP contribution is -2.24. The summed E-state index contributed by atoms with van der Waals surface area (Å²) in [6.45, 7) is 5.10. The van der Waals surface area contributed by atoms with E-state index in [0.29, 0.717) is 23.9 Å². The van der Waals surface area contributed by atoms with Crippen LogP contribution in [0.3, 0.4) is 0 Å². The molecule has 0 saturated heterocycles. The van der Waals surface area contributed by atoms with Crippen molar-refractivity contribution in [3.8, 4) is 0 Å². The first-order valence-corrected chi connectivity index (χ1v) is 10.5. The number of aryl methyl sites for hydroxylation is 2. The van der Waals surface area contributed by atoms with Crippen LogP contribution < -0.4 is 11.1 Å². The third-order valence-electron chi connectivity index (χ3n) is 5.62. The SMILES string of the molecule is Cc1nc2ccccc2c(=O)n1CCCCCCn1c(C)nc2ccccc2c1=O. The van der Waals surface area contributed by atoms with Crippen molar-refractivity contribution < 1.29 is 0 Å². The molecular weight excluding hydrogens is 376 g/mol. The van der Waals surface area contributed by atoms with Gasteiger partial charge < -0.3 is 0 Å². The molecule has 0 atom stereocenters. The van der Waals surface area contributed by atoms with Crippen LogP contribution in [0, 0.1) is 13.8 Å². The molecule has 6 nitrogen and oxygen atoms in total. The second-order valence-electron chi connectivity index (χ2n) is 7.68. The van der Waals surface area contributed by atoms with Crippen LogP contribution in [-0.2, 0) is 13.1 Å². The van der Waals surface area contributed by atoms with Crippen molar-refractivity contribution in [1.29, 1.82) is 0 Å². The molecule has 154 valence electrons. The van der Waals surface area contributed by atoms with Crippen LogP contribution in [0.15, 0.2) is 58.1 Å². The van der Waals surface area contributed by atoms with Crippen LogP contribution in [-0.4, -0.2) is 19.1 Å². The number of nitrogens with zero attached hydrogens (tertiary/aromatic N) is 4. The van der Waals surface area contributed by atoms with E-state index in [1.165, 1.54) is 0 Å². The minimum atomic E-state index is 0.0301. The smallest absolute Gasteiger partial charge is 0.261 e. The molecule has 6 heteroatoms. The van der Waals surface area contributed by atoms with Gasteiger partial charge in [-0.1, -0.05) is 37.1 Å². The molecule has 2 aromatic heterocycles.